The van der Waals surface area contributed by atoms with Crippen molar-refractivity contribution in [1.29, 1.82) is 0 Å². The second kappa shape index (κ2) is 11.1. The summed E-state index contributed by atoms with van der Waals surface area (Å²) < 4.78 is 20.7. The van der Waals surface area contributed by atoms with Crippen LogP contribution in [0.25, 0.3) is 0 Å². The summed E-state index contributed by atoms with van der Waals surface area (Å²) in [5, 5.41) is 2.87. The van der Waals surface area contributed by atoms with Gasteiger partial charge in [-0.25, -0.2) is 9.37 Å². The van der Waals surface area contributed by atoms with Gasteiger partial charge >= 0.3 is 0 Å². The SMILES string of the molecule is CCC(CC)C(=O)Nc1ccc(N2CCN(C(c3ncco3)C3CCCCC3)CC2)c(F)c1. The van der Waals surface area contributed by atoms with Crippen molar-refractivity contribution in [3.05, 3.63) is 42.4 Å². The van der Waals surface area contributed by atoms with E-state index in [1.165, 1.54) is 38.2 Å². The Bertz CT molecular complexity index is 886. The Hall–Kier alpha value is -2.41. The van der Waals surface area contributed by atoms with Crippen LogP contribution in [-0.4, -0.2) is 42.0 Å². The van der Waals surface area contributed by atoms with Gasteiger partial charge in [0.2, 0.25) is 11.8 Å². The third-order valence-corrected chi connectivity index (χ3v) is 7.42. The van der Waals surface area contributed by atoms with E-state index in [9.17, 15) is 9.18 Å². The molecule has 2 heterocycles. The largest absolute Gasteiger partial charge is 0.447 e. The molecular weight excluding hydrogens is 419 g/mol. The fourth-order valence-electron chi connectivity index (χ4n) is 5.47. The van der Waals surface area contributed by atoms with Gasteiger partial charge < -0.3 is 14.6 Å². The molecule has 1 aliphatic carbocycles. The number of rotatable bonds is 8. The number of aromatic nitrogens is 1. The molecule has 33 heavy (non-hydrogen) atoms. The molecule has 0 radical (unpaired) electrons. The molecule has 1 saturated carbocycles. The molecule has 1 N–H and O–H groups in total. The van der Waals surface area contributed by atoms with Gasteiger partial charge in [-0.2, -0.15) is 0 Å². The Labute approximate surface area is 196 Å². The lowest BCUT2D eigenvalue weighted by Gasteiger charge is -2.42. The van der Waals surface area contributed by atoms with Crippen molar-refractivity contribution in [2.24, 2.45) is 11.8 Å². The molecule has 0 bridgehead atoms. The number of halogens is 1. The van der Waals surface area contributed by atoms with Gasteiger partial charge in [-0.15, -0.1) is 0 Å². The molecule has 1 saturated heterocycles. The summed E-state index contributed by atoms with van der Waals surface area (Å²) in [5.74, 6) is 1.02. The van der Waals surface area contributed by atoms with E-state index in [0.717, 1.165) is 44.9 Å². The first-order valence-corrected chi connectivity index (χ1v) is 12.6. The Kier molecular flexibility index (Phi) is 8.02. The maximum atomic E-state index is 15.0. The summed E-state index contributed by atoms with van der Waals surface area (Å²) >= 11 is 0. The molecular formula is C26H37FN4O2. The number of oxazole rings is 1. The van der Waals surface area contributed by atoms with Crippen LogP contribution in [-0.2, 0) is 4.79 Å². The van der Waals surface area contributed by atoms with E-state index in [-0.39, 0.29) is 23.7 Å². The molecule has 2 aliphatic rings. The highest BCUT2D eigenvalue weighted by molar-refractivity contribution is 5.92. The Balaban J connectivity index is 1.40. The molecule has 180 valence electrons. The minimum atomic E-state index is -0.290. The number of carbonyl (C=O) groups is 1. The highest BCUT2D eigenvalue weighted by atomic mass is 19.1. The van der Waals surface area contributed by atoms with Crippen LogP contribution >= 0.6 is 0 Å². The number of benzene rings is 1. The second-order valence-electron chi connectivity index (χ2n) is 9.41. The molecule has 1 atom stereocenters. The van der Waals surface area contributed by atoms with Crippen molar-refractivity contribution < 1.29 is 13.6 Å². The molecule has 0 spiro atoms. The zero-order chi connectivity index (χ0) is 23.2. The van der Waals surface area contributed by atoms with Crippen LogP contribution in [0, 0.1) is 17.7 Å². The average Bonchev–Trinajstić information content (AvgIpc) is 3.36. The van der Waals surface area contributed by atoms with Crippen molar-refractivity contribution in [3.63, 3.8) is 0 Å². The number of carbonyl (C=O) groups excluding carboxylic acids is 1. The molecule has 1 aromatic heterocycles. The lowest BCUT2D eigenvalue weighted by Crippen LogP contribution is -2.49. The number of anilines is 2. The first-order valence-electron chi connectivity index (χ1n) is 12.6. The summed E-state index contributed by atoms with van der Waals surface area (Å²) in [6, 6.07) is 5.25. The van der Waals surface area contributed by atoms with E-state index in [4.69, 9.17) is 4.42 Å². The maximum absolute atomic E-state index is 15.0. The van der Waals surface area contributed by atoms with Gasteiger partial charge in [-0.3, -0.25) is 9.69 Å². The summed E-state index contributed by atoms with van der Waals surface area (Å²) in [5.41, 5.74) is 1.12. The zero-order valence-corrected chi connectivity index (χ0v) is 19.9. The van der Waals surface area contributed by atoms with Crippen LogP contribution in [0.3, 0.4) is 0 Å². The predicted molar refractivity (Wildman–Crippen MR) is 129 cm³/mol. The van der Waals surface area contributed by atoms with Crippen molar-refractivity contribution in [2.45, 2.75) is 64.8 Å². The fourth-order valence-corrected chi connectivity index (χ4v) is 5.47. The summed E-state index contributed by atoms with van der Waals surface area (Å²) in [4.78, 5) is 21.4. The van der Waals surface area contributed by atoms with E-state index in [1.807, 2.05) is 19.9 Å². The third kappa shape index (κ3) is 5.57. The minimum Gasteiger partial charge on any atom is -0.447 e. The van der Waals surface area contributed by atoms with Gasteiger partial charge in [0.05, 0.1) is 17.9 Å². The highest BCUT2D eigenvalue weighted by Crippen LogP contribution is 2.38. The lowest BCUT2D eigenvalue weighted by molar-refractivity contribution is -0.120. The van der Waals surface area contributed by atoms with Crippen molar-refractivity contribution in [2.75, 3.05) is 36.4 Å². The smallest absolute Gasteiger partial charge is 0.227 e. The standard InChI is InChI=1S/C26H37FN4O2/c1-3-19(4-2)25(32)29-21-10-11-23(22(27)18-21)30-13-15-31(16-14-30)24(26-28-12-17-33-26)20-8-6-5-7-9-20/h10-12,17-20,24H,3-9,13-16H2,1-2H3,(H,29,32). The van der Waals surface area contributed by atoms with Crippen LogP contribution in [0.1, 0.15) is 70.7 Å². The van der Waals surface area contributed by atoms with E-state index in [2.05, 4.69) is 20.1 Å². The van der Waals surface area contributed by atoms with Crippen molar-refractivity contribution >= 4 is 17.3 Å². The van der Waals surface area contributed by atoms with E-state index < -0.39 is 0 Å². The predicted octanol–water partition coefficient (Wildman–Crippen LogP) is 5.63. The fraction of sp³-hybridized carbons (Fsp3) is 0.615. The van der Waals surface area contributed by atoms with Gasteiger partial charge in [0.15, 0.2) is 0 Å². The first-order chi connectivity index (χ1) is 16.1. The number of hydrogen-bond acceptors (Lipinski definition) is 5. The second-order valence-corrected chi connectivity index (χ2v) is 9.41. The normalized spacial score (nSPS) is 19.1. The van der Waals surface area contributed by atoms with E-state index >= 15 is 0 Å². The summed E-state index contributed by atoms with van der Waals surface area (Å²) in [7, 11) is 0. The van der Waals surface area contributed by atoms with Crippen molar-refractivity contribution in [1.82, 2.24) is 9.88 Å². The molecule has 7 heteroatoms. The topological polar surface area (TPSA) is 61.6 Å². The molecule has 6 nitrogen and oxygen atoms in total. The summed E-state index contributed by atoms with van der Waals surface area (Å²) in [6.07, 6.45) is 11.3. The van der Waals surface area contributed by atoms with Gasteiger partial charge in [-0.1, -0.05) is 33.1 Å². The number of nitrogens with zero attached hydrogens (tertiary/aromatic N) is 3. The quantitative estimate of drug-likeness (QED) is 0.558. The summed E-state index contributed by atoms with van der Waals surface area (Å²) in [6.45, 7) is 7.18. The molecule has 1 amide bonds. The third-order valence-electron chi connectivity index (χ3n) is 7.42. The number of nitrogens with one attached hydrogen (secondary N) is 1. The first kappa shape index (κ1) is 23.7. The number of piperazine rings is 1. The van der Waals surface area contributed by atoms with Crippen LogP contribution in [0.2, 0.25) is 0 Å². The molecule has 1 aliphatic heterocycles. The average molecular weight is 457 g/mol. The van der Waals surface area contributed by atoms with E-state index in [1.54, 1.807) is 18.5 Å². The maximum Gasteiger partial charge on any atom is 0.227 e. The van der Waals surface area contributed by atoms with Crippen LogP contribution in [0.15, 0.2) is 35.1 Å². The Morgan fingerprint density at radius 1 is 1.15 bits per heavy atom. The van der Waals surface area contributed by atoms with Crippen LogP contribution in [0.4, 0.5) is 15.8 Å². The molecule has 2 aromatic rings. The zero-order valence-electron chi connectivity index (χ0n) is 19.9. The van der Waals surface area contributed by atoms with Gasteiger partial charge in [0.25, 0.3) is 0 Å². The van der Waals surface area contributed by atoms with Crippen LogP contribution in [0.5, 0.6) is 0 Å². The number of amides is 1. The highest BCUT2D eigenvalue weighted by Gasteiger charge is 2.35. The van der Waals surface area contributed by atoms with Crippen molar-refractivity contribution in [3.8, 4) is 0 Å². The van der Waals surface area contributed by atoms with E-state index in [0.29, 0.717) is 17.3 Å². The Morgan fingerprint density at radius 3 is 2.48 bits per heavy atom. The molecule has 1 aromatic carbocycles. The number of hydrogen-bond donors (Lipinski definition) is 1. The Morgan fingerprint density at radius 2 is 1.88 bits per heavy atom. The molecule has 1 unspecified atom stereocenters. The van der Waals surface area contributed by atoms with Gasteiger partial charge in [0.1, 0.15) is 12.1 Å². The van der Waals surface area contributed by atoms with Gasteiger partial charge in [-0.05, 0) is 49.8 Å². The van der Waals surface area contributed by atoms with Gasteiger partial charge in [0, 0.05) is 37.8 Å². The monoisotopic (exact) mass is 456 g/mol. The molecule has 2 fully saturated rings. The van der Waals surface area contributed by atoms with Crippen LogP contribution < -0.4 is 10.2 Å². The lowest BCUT2D eigenvalue weighted by atomic mass is 9.83. The molecule has 4 rings (SSSR count). The minimum absolute atomic E-state index is 0.0402.